The SMILES string of the molecule is CC[NH+]1CC[NH+]([C@@H](c2ccc(Cl)cc2)c2nnnn2C2CCCC2)CC1. The van der Waals surface area contributed by atoms with Crippen LogP contribution < -0.4 is 9.80 Å². The number of nitrogens with zero attached hydrogens (tertiary/aromatic N) is 4. The number of benzene rings is 1. The maximum absolute atomic E-state index is 6.14. The van der Waals surface area contributed by atoms with Gasteiger partial charge < -0.3 is 9.80 Å². The normalized spacial score (nSPS) is 25.5. The Hall–Kier alpha value is -1.50. The van der Waals surface area contributed by atoms with E-state index in [9.17, 15) is 0 Å². The van der Waals surface area contributed by atoms with Gasteiger partial charge in [0.25, 0.3) is 0 Å². The summed E-state index contributed by atoms with van der Waals surface area (Å²) in [5.74, 6) is 1.02. The number of rotatable bonds is 5. The van der Waals surface area contributed by atoms with E-state index in [0.29, 0.717) is 6.04 Å². The van der Waals surface area contributed by atoms with Gasteiger partial charge in [-0.1, -0.05) is 36.6 Å². The molecule has 1 aliphatic carbocycles. The molecule has 2 N–H and O–H groups in total. The quantitative estimate of drug-likeness (QED) is 0.791. The molecule has 0 radical (unpaired) electrons. The van der Waals surface area contributed by atoms with Crippen molar-refractivity contribution < 1.29 is 9.80 Å². The first-order valence-corrected chi connectivity index (χ1v) is 10.4. The second kappa shape index (κ2) is 8.03. The zero-order valence-corrected chi connectivity index (χ0v) is 16.3. The Labute approximate surface area is 160 Å². The molecular formula is C19H29ClN6+2. The van der Waals surface area contributed by atoms with Crippen molar-refractivity contribution in [2.75, 3.05) is 32.7 Å². The van der Waals surface area contributed by atoms with Crippen molar-refractivity contribution in [1.82, 2.24) is 20.2 Å². The molecule has 1 aromatic heterocycles. The van der Waals surface area contributed by atoms with E-state index in [1.54, 1.807) is 9.80 Å². The van der Waals surface area contributed by atoms with Gasteiger partial charge in [-0.05, 0) is 42.3 Å². The van der Waals surface area contributed by atoms with Crippen LogP contribution in [0, 0.1) is 0 Å². The molecule has 1 aromatic carbocycles. The Morgan fingerprint density at radius 1 is 1.12 bits per heavy atom. The topological polar surface area (TPSA) is 52.5 Å². The average Bonchev–Trinajstić information content (AvgIpc) is 3.35. The number of aromatic nitrogens is 4. The van der Waals surface area contributed by atoms with E-state index >= 15 is 0 Å². The lowest BCUT2D eigenvalue weighted by atomic mass is 10.0. The Kier molecular flexibility index (Phi) is 5.52. The van der Waals surface area contributed by atoms with Crippen LogP contribution in [0.3, 0.4) is 0 Å². The van der Waals surface area contributed by atoms with Gasteiger partial charge in [0.05, 0.1) is 12.6 Å². The van der Waals surface area contributed by atoms with Crippen molar-refractivity contribution in [3.05, 3.63) is 40.7 Å². The van der Waals surface area contributed by atoms with Gasteiger partial charge in [0.2, 0.25) is 5.82 Å². The number of likely N-dealkylation sites (N-methyl/N-ethyl adjacent to an activating group) is 1. The Morgan fingerprint density at radius 2 is 1.81 bits per heavy atom. The van der Waals surface area contributed by atoms with Gasteiger partial charge in [-0.15, -0.1) is 5.10 Å². The third-order valence-electron chi connectivity index (χ3n) is 6.16. The van der Waals surface area contributed by atoms with Gasteiger partial charge in [-0.2, -0.15) is 0 Å². The summed E-state index contributed by atoms with van der Waals surface area (Å²) in [6.45, 7) is 8.19. The first-order valence-electron chi connectivity index (χ1n) is 9.97. The smallest absolute Gasteiger partial charge is 0.214 e. The van der Waals surface area contributed by atoms with Gasteiger partial charge in [0.15, 0.2) is 6.04 Å². The fourth-order valence-electron chi connectivity index (χ4n) is 4.59. The fraction of sp³-hybridized carbons (Fsp3) is 0.632. The number of halogens is 1. The summed E-state index contributed by atoms with van der Waals surface area (Å²) in [5.41, 5.74) is 1.26. The van der Waals surface area contributed by atoms with Crippen molar-refractivity contribution in [3.63, 3.8) is 0 Å². The van der Waals surface area contributed by atoms with E-state index in [-0.39, 0.29) is 6.04 Å². The van der Waals surface area contributed by atoms with Gasteiger partial charge in [-0.3, -0.25) is 0 Å². The lowest BCUT2D eigenvalue weighted by Crippen LogP contribution is -3.28. The number of hydrogen-bond donors (Lipinski definition) is 2. The van der Waals surface area contributed by atoms with E-state index in [2.05, 4.69) is 39.3 Å². The van der Waals surface area contributed by atoms with Gasteiger partial charge in [0, 0.05) is 10.6 Å². The van der Waals surface area contributed by atoms with Gasteiger partial charge in [0.1, 0.15) is 26.2 Å². The average molecular weight is 377 g/mol. The predicted molar refractivity (Wildman–Crippen MR) is 101 cm³/mol. The summed E-state index contributed by atoms with van der Waals surface area (Å²) in [6, 6.07) is 8.90. The molecule has 2 heterocycles. The Balaban J connectivity index is 1.67. The van der Waals surface area contributed by atoms with E-state index in [4.69, 9.17) is 11.6 Å². The van der Waals surface area contributed by atoms with Crippen LogP contribution in [-0.4, -0.2) is 52.9 Å². The molecular weight excluding hydrogens is 348 g/mol. The van der Waals surface area contributed by atoms with Gasteiger partial charge >= 0.3 is 0 Å². The van der Waals surface area contributed by atoms with Crippen LogP contribution in [0.2, 0.25) is 5.02 Å². The number of quaternary nitrogens is 2. The molecule has 0 unspecified atom stereocenters. The highest BCUT2D eigenvalue weighted by Gasteiger charge is 2.36. The first kappa shape index (κ1) is 17.9. The largest absolute Gasteiger partial charge is 0.326 e. The molecule has 4 rings (SSSR count). The van der Waals surface area contributed by atoms with Crippen LogP contribution in [0.4, 0.5) is 0 Å². The summed E-state index contributed by atoms with van der Waals surface area (Å²) in [5, 5.41) is 13.8. The molecule has 1 saturated heterocycles. The van der Waals surface area contributed by atoms with E-state index < -0.39 is 0 Å². The summed E-state index contributed by atoms with van der Waals surface area (Å²) >= 11 is 6.14. The van der Waals surface area contributed by atoms with E-state index in [1.807, 2.05) is 12.1 Å². The molecule has 0 amide bonds. The minimum atomic E-state index is 0.182. The molecule has 0 spiro atoms. The monoisotopic (exact) mass is 376 g/mol. The molecule has 1 saturated carbocycles. The van der Waals surface area contributed by atoms with Crippen molar-refractivity contribution in [2.24, 2.45) is 0 Å². The van der Waals surface area contributed by atoms with Crippen LogP contribution in [0.15, 0.2) is 24.3 Å². The zero-order valence-electron chi connectivity index (χ0n) is 15.5. The molecule has 6 nitrogen and oxygen atoms in total. The van der Waals surface area contributed by atoms with Crippen LogP contribution in [0.5, 0.6) is 0 Å². The molecule has 2 fully saturated rings. The second-order valence-corrected chi connectivity index (χ2v) is 8.10. The predicted octanol–water partition coefficient (Wildman–Crippen LogP) is 0.334. The number of piperazine rings is 1. The fourth-order valence-corrected chi connectivity index (χ4v) is 4.71. The minimum absolute atomic E-state index is 0.182. The van der Waals surface area contributed by atoms with Gasteiger partial charge in [-0.25, -0.2) is 4.68 Å². The highest BCUT2D eigenvalue weighted by Crippen LogP contribution is 2.31. The van der Waals surface area contributed by atoms with Crippen LogP contribution in [0.1, 0.15) is 56.1 Å². The number of nitrogens with one attached hydrogen (secondary N) is 2. The standard InChI is InChI=1S/C19H27ClN6/c1-2-24-11-13-25(14-12-24)18(15-7-9-16(20)10-8-15)19-21-22-23-26(19)17-5-3-4-6-17/h7-10,17-18H,2-6,11-14H2,1H3/p+2/t18-/m0/s1. The lowest BCUT2D eigenvalue weighted by molar-refractivity contribution is -1.02. The summed E-state index contributed by atoms with van der Waals surface area (Å²) < 4.78 is 2.12. The van der Waals surface area contributed by atoms with Crippen LogP contribution in [-0.2, 0) is 0 Å². The third-order valence-corrected chi connectivity index (χ3v) is 6.41. The zero-order chi connectivity index (χ0) is 17.9. The molecule has 0 bridgehead atoms. The summed E-state index contributed by atoms with van der Waals surface area (Å²) in [7, 11) is 0. The Morgan fingerprint density at radius 3 is 2.46 bits per heavy atom. The van der Waals surface area contributed by atoms with Crippen LogP contribution >= 0.6 is 11.6 Å². The number of hydrogen-bond acceptors (Lipinski definition) is 3. The van der Waals surface area contributed by atoms with Crippen molar-refractivity contribution in [1.29, 1.82) is 0 Å². The van der Waals surface area contributed by atoms with E-state index in [0.717, 1.165) is 23.9 Å². The lowest BCUT2D eigenvalue weighted by Gasteiger charge is -2.34. The van der Waals surface area contributed by atoms with Crippen molar-refractivity contribution in [2.45, 2.75) is 44.7 Å². The molecule has 140 valence electrons. The summed E-state index contributed by atoms with van der Waals surface area (Å²) in [6.07, 6.45) is 4.94. The summed E-state index contributed by atoms with van der Waals surface area (Å²) in [4.78, 5) is 3.26. The molecule has 2 aliphatic rings. The highest BCUT2D eigenvalue weighted by molar-refractivity contribution is 6.30. The molecule has 2 aromatic rings. The molecule has 26 heavy (non-hydrogen) atoms. The molecule has 1 atom stereocenters. The molecule has 7 heteroatoms. The maximum Gasteiger partial charge on any atom is 0.214 e. The second-order valence-electron chi connectivity index (χ2n) is 7.67. The number of tetrazole rings is 1. The van der Waals surface area contributed by atoms with Crippen LogP contribution in [0.25, 0.3) is 0 Å². The maximum atomic E-state index is 6.14. The van der Waals surface area contributed by atoms with Crippen molar-refractivity contribution >= 4 is 11.6 Å². The van der Waals surface area contributed by atoms with E-state index in [1.165, 1.54) is 50.9 Å². The first-order chi connectivity index (χ1) is 12.8. The molecule has 1 aliphatic heterocycles. The van der Waals surface area contributed by atoms with Crippen molar-refractivity contribution in [3.8, 4) is 0 Å². The third kappa shape index (κ3) is 3.63. The highest BCUT2D eigenvalue weighted by atomic mass is 35.5. The minimum Gasteiger partial charge on any atom is -0.326 e. The Bertz CT molecular complexity index is 701.